The van der Waals surface area contributed by atoms with Crippen LogP contribution < -0.4 is 5.32 Å². The van der Waals surface area contributed by atoms with E-state index in [2.05, 4.69) is 25.5 Å². The van der Waals surface area contributed by atoms with Gasteiger partial charge in [-0.25, -0.2) is 4.98 Å². The van der Waals surface area contributed by atoms with E-state index in [1.165, 1.54) is 0 Å². The van der Waals surface area contributed by atoms with E-state index >= 15 is 0 Å². The number of aliphatic hydroxyl groups excluding tert-OH is 1. The summed E-state index contributed by atoms with van der Waals surface area (Å²) < 4.78 is 1.98. The van der Waals surface area contributed by atoms with Crippen LogP contribution in [-0.2, 0) is 6.54 Å². The molecule has 0 saturated heterocycles. The smallest absolute Gasteiger partial charge is 0.272 e. The average Bonchev–Trinajstić information content (AvgIpc) is 3.35. The highest BCUT2D eigenvalue weighted by molar-refractivity contribution is 5.92. The quantitative estimate of drug-likeness (QED) is 0.483. The van der Waals surface area contributed by atoms with Crippen LogP contribution in [0, 0.1) is 0 Å². The Kier molecular flexibility index (Phi) is 4.63. The third-order valence-corrected chi connectivity index (χ3v) is 4.31. The Morgan fingerprint density at radius 1 is 1.26 bits per heavy atom. The molecule has 0 fully saturated rings. The molecule has 1 atom stereocenters. The number of aromatic amines is 1. The molecule has 27 heavy (non-hydrogen) atoms. The standard InChI is InChI=1S/C19H18N6O2/c26-11-17(13-4-3-7-20-9-13)22-19(27)16-8-14(23-24-16)10-25-12-21-15-5-1-2-6-18(15)25/h1-9,12,17,26H,10-11H2,(H,22,27)(H,23,24)/t17-/m0/s1. The molecule has 8 heteroatoms. The first-order chi connectivity index (χ1) is 13.2. The lowest BCUT2D eigenvalue weighted by Gasteiger charge is -2.15. The highest BCUT2D eigenvalue weighted by Crippen LogP contribution is 2.15. The Labute approximate surface area is 154 Å². The number of carbonyl (C=O) groups excluding carboxylic acids is 1. The Balaban J connectivity index is 1.48. The van der Waals surface area contributed by atoms with Crippen molar-refractivity contribution >= 4 is 16.9 Å². The van der Waals surface area contributed by atoms with Crippen LogP contribution in [0.1, 0.15) is 27.8 Å². The molecular weight excluding hydrogens is 344 g/mol. The van der Waals surface area contributed by atoms with Crippen LogP contribution in [0.4, 0.5) is 0 Å². The van der Waals surface area contributed by atoms with Gasteiger partial charge in [0.05, 0.1) is 42.2 Å². The number of hydrogen-bond acceptors (Lipinski definition) is 5. The number of H-pyrrole nitrogens is 1. The second-order valence-electron chi connectivity index (χ2n) is 6.13. The number of hydrogen-bond donors (Lipinski definition) is 3. The summed E-state index contributed by atoms with van der Waals surface area (Å²) in [5.74, 6) is -0.365. The number of aliphatic hydroxyl groups is 1. The van der Waals surface area contributed by atoms with Crippen molar-refractivity contribution in [2.45, 2.75) is 12.6 Å². The Hall–Kier alpha value is -3.52. The summed E-state index contributed by atoms with van der Waals surface area (Å²) in [5.41, 5.74) is 3.70. The molecule has 3 aromatic heterocycles. The molecule has 0 radical (unpaired) electrons. The van der Waals surface area contributed by atoms with Crippen molar-refractivity contribution in [3.05, 3.63) is 78.1 Å². The predicted octanol–water partition coefficient (Wildman–Crippen LogP) is 1.67. The summed E-state index contributed by atoms with van der Waals surface area (Å²) in [7, 11) is 0. The van der Waals surface area contributed by atoms with E-state index in [1.807, 2.05) is 28.8 Å². The number of benzene rings is 1. The first-order valence-electron chi connectivity index (χ1n) is 8.50. The second kappa shape index (κ2) is 7.38. The van der Waals surface area contributed by atoms with E-state index in [9.17, 15) is 9.90 Å². The molecule has 0 aliphatic carbocycles. The zero-order valence-corrected chi connectivity index (χ0v) is 14.4. The number of pyridine rings is 1. The Bertz CT molecular complexity index is 1060. The van der Waals surface area contributed by atoms with E-state index < -0.39 is 6.04 Å². The number of amides is 1. The van der Waals surface area contributed by atoms with E-state index in [4.69, 9.17) is 0 Å². The summed E-state index contributed by atoms with van der Waals surface area (Å²) in [6.45, 7) is 0.294. The number of nitrogens with one attached hydrogen (secondary N) is 2. The first kappa shape index (κ1) is 16.9. The minimum absolute atomic E-state index is 0.226. The molecular formula is C19H18N6O2. The van der Waals surface area contributed by atoms with Gasteiger partial charge in [-0.1, -0.05) is 18.2 Å². The molecule has 0 unspecified atom stereocenters. The lowest BCUT2D eigenvalue weighted by atomic mass is 10.1. The molecule has 0 aliphatic heterocycles. The fraction of sp³-hybridized carbons (Fsp3) is 0.158. The molecule has 0 spiro atoms. The fourth-order valence-corrected chi connectivity index (χ4v) is 2.93. The Morgan fingerprint density at radius 2 is 2.15 bits per heavy atom. The number of para-hydroxylation sites is 2. The molecule has 8 nitrogen and oxygen atoms in total. The SMILES string of the molecule is O=C(N[C@@H](CO)c1cccnc1)c1cc(Cn2cnc3ccccc32)[nH]n1. The van der Waals surface area contributed by atoms with Crippen molar-refractivity contribution in [1.82, 2.24) is 30.0 Å². The fourth-order valence-electron chi connectivity index (χ4n) is 2.93. The largest absolute Gasteiger partial charge is 0.394 e. The normalized spacial score (nSPS) is 12.2. The van der Waals surface area contributed by atoms with E-state index in [1.54, 1.807) is 36.9 Å². The lowest BCUT2D eigenvalue weighted by Crippen LogP contribution is -2.31. The van der Waals surface area contributed by atoms with Crippen molar-refractivity contribution in [3.63, 3.8) is 0 Å². The molecule has 4 rings (SSSR count). The summed E-state index contributed by atoms with van der Waals surface area (Å²) in [5, 5.41) is 19.3. The second-order valence-corrected chi connectivity index (χ2v) is 6.13. The zero-order chi connectivity index (χ0) is 18.6. The average molecular weight is 362 g/mol. The van der Waals surface area contributed by atoms with E-state index in [-0.39, 0.29) is 18.2 Å². The number of imidazole rings is 1. The van der Waals surface area contributed by atoms with Gasteiger partial charge in [0.2, 0.25) is 0 Å². The summed E-state index contributed by atoms with van der Waals surface area (Å²) in [4.78, 5) is 20.8. The molecule has 0 aliphatic rings. The number of aromatic nitrogens is 5. The van der Waals surface area contributed by atoms with Crippen LogP contribution in [0.25, 0.3) is 11.0 Å². The van der Waals surface area contributed by atoms with Gasteiger partial charge in [0.25, 0.3) is 5.91 Å². The number of nitrogens with zero attached hydrogens (tertiary/aromatic N) is 4. The molecule has 3 N–H and O–H groups in total. The van der Waals surface area contributed by atoms with Crippen LogP contribution in [-0.4, -0.2) is 42.4 Å². The van der Waals surface area contributed by atoms with Crippen LogP contribution in [0.2, 0.25) is 0 Å². The van der Waals surface area contributed by atoms with Gasteiger partial charge in [0.1, 0.15) is 5.69 Å². The van der Waals surface area contributed by atoms with Crippen molar-refractivity contribution in [2.75, 3.05) is 6.61 Å². The van der Waals surface area contributed by atoms with Crippen LogP contribution in [0.15, 0.2) is 61.2 Å². The van der Waals surface area contributed by atoms with Gasteiger partial charge in [-0.15, -0.1) is 0 Å². The highest BCUT2D eigenvalue weighted by atomic mass is 16.3. The molecule has 136 valence electrons. The third kappa shape index (κ3) is 3.56. The van der Waals surface area contributed by atoms with Gasteiger partial charge in [-0.2, -0.15) is 5.10 Å². The third-order valence-electron chi connectivity index (χ3n) is 4.31. The maximum absolute atomic E-state index is 12.5. The monoisotopic (exact) mass is 362 g/mol. The van der Waals surface area contributed by atoms with Crippen molar-refractivity contribution in [1.29, 1.82) is 0 Å². The molecule has 1 amide bonds. The highest BCUT2D eigenvalue weighted by Gasteiger charge is 2.17. The first-order valence-corrected chi connectivity index (χ1v) is 8.50. The van der Waals surface area contributed by atoms with Crippen LogP contribution in [0.3, 0.4) is 0 Å². The van der Waals surface area contributed by atoms with Gasteiger partial charge < -0.3 is 15.0 Å². The summed E-state index contributed by atoms with van der Waals surface area (Å²) >= 11 is 0. The molecule has 0 saturated carbocycles. The van der Waals surface area contributed by atoms with Crippen LogP contribution >= 0.6 is 0 Å². The molecule has 0 bridgehead atoms. The predicted molar refractivity (Wildman–Crippen MR) is 99.0 cm³/mol. The molecule has 3 heterocycles. The minimum atomic E-state index is -0.538. The Morgan fingerprint density at radius 3 is 2.96 bits per heavy atom. The molecule has 4 aromatic rings. The van der Waals surface area contributed by atoms with Crippen molar-refractivity contribution < 1.29 is 9.90 Å². The number of rotatable bonds is 6. The lowest BCUT2D eigenvalue weighted by molar-refractivity contribution is 0.0911. The summed E-state index contributed by atoms with van der Waals surface area (Å²) in [6.07, 6.45) is 5.01. The van der Waals surface area contributed by atoms with Crippen LogP contribution in [0.5, 0.6) is 0 Å². The topological polar surface area (TPSA) is 109 Å². The van der Waals surface area contributed by atoms with Gasteiger partial charge in [0, 0.05) is 12.4 Å². The number of fused-ring (bicyclic) bond motifs is 1. The van der Waals surface area contributed by atoms with Gasteiger partial charge in [0.15, 0.2) is 0 Å². The molecule has 1 aromatic carbocycles. The maximum atomic E-state index is 12.5. The summed E-state index contributed by atoms with van der Waals surface area (Å²) in [6, 6.07) is 12.6. The van der Waals surface area contributed by atoms with E-state index in [0.29, 0.717) is 6.54 Å². The van der Waals surface area contributed by atoms with Gasteiger partial charge in [-0.3, -0.25) is 14.9 Å². The van der Waals surface area contributed by atoms with Gasteiger partial charge >= 0.3 is 0 Å². The van der Waals surface area contributed by atoms with Gasteiger partial charge in [-0.05, 0) is 29.8 Å². The zero-order valence-electron chi connectivity index (χ0n) is 14.4. The minimum Gasteiger partial charge on any atom is -0.394 e. The van der Waals surface area contributed by atoms with E-state index in [0.717, 1.165) is 22.3 Å². The van der Waals surface area contributed by atoms with Crippen molar-refractivity contribution in [3.8, 4) is 0 Å². The van der Waals surface area contributed by atoms with Crippen molar-refractivity contribution in [2.24, 2.45) is 0 Å². The number of carbonyl (C=O) groups is 1. The maximum Gasteiger partial charge on any atom is 0.272 e.